The van der Waals surface area contributed by atoms with Crippen molar-refractivity contribution in [3.8, 4) is 6.07 Å². The summed E-state index contributed by atoms with van der Waals surface area (Å²) in [4.78, 5) is 37.5. The van der Waals surface area contributed by atoms with Crippen molar-refractivity contribution in [3.63, 3.8) is 0 Å². The van der Waals surface area contributed by atoms with Gasteiger partial charge in [-0.05, 0) is 31.5 Å². The van der Waals surface area contributed by atoms with Gasteiger partial charge < -0.3 is 0 Å². The quantitative estimate of drug-likeness (QED) is 0.612. The van der Waals surface area contributed by atoms with Crippen LogP contribution >= 0.6 is 0 Å². The SMILES string of the molecule is CC(C)N1C(=O)C(=O)N(Cc2ccc(C#N)cc2)C1=O. The summed E-state index contributed by atoms with van der Waals surface area (Å²) in [6.45, 7) is 3.38. The van der Waals surface area contributed by atoms with Gasteiger partial charge in [0, 0.05) is 6.04 Å². The van der Waals surface area contributed by atoms with Gasteiger partial charge in [0.25, 0.3) is 0 Å². The van der Waals surface area contributed by atoms with E-state index in [4.69, 9.17) is 5.26 Å². The van der Waals surface area contributed by atoms with Crippen LogP contribution in [0.3, 0.4) is 0 Å². The predicted octanol–water partition coefficient (Wildman–Crippen LogP) is 1.26. The van der Waals surface area contributed by atoms with Gasteiger partial charge in [-0.15, -0.1) is 0 Å². The number of amides is 4. The van der Waals surface area contributed by atoms with Crippen molar-refractivity contribution < 1.29 is 14.4 Å². The molecule has 102 valence electrons. The minimum atomic E-state index is -0.812. The van der Waals surface area contributed by atoms with E-state index < -0.39 is 17.8 Å². The van der Waals surface area contributed by atoms with Gasteiger partial charge in [-0.1, -0.05) is 12.1 Å². The molecule has 0 radical (unpaired) electrons. The predicted molar refractivity (Wildman–Crippen MR) is 69.1 cm³/mol. The Hall–Kier alpha value is -2.68. The van der Waals surface area contributed by atoms with Crippen molar-refractivity contribution in [3.05, 3.63) is 35.4 Å². The van der Waals surface area contributed by atoms with Gasteiger partial charge in [0.15, 0.2) is 0 Å². The fraction of sp³-hybridized carbons (Fsp3) is 0.286. The normalized spacial score (nSPS) is 15.2. The van der Waals surface area contributed by atoms with Gasteiger partial charge in [0.1, 0.15) is 0 Å². The third-order valence-electron chi connectivity index (χ3n) is 3.02. The second kappa shape index (κ2) is 5.13. The van der Waals surface area contributed by atoms with Crippen LogP contribution in [0.25, 0.3) is 0 Å². The number of hydrogen-bond donors (Lipinski definition) is 0. The lowest BCUT2D eigenvalue weighted by atomic mass is 10.1. The summed E-state index contributed by atoms with van der Waals surface area (Å²) in [7, 11) is 0. The van der Waals surface area contributed by atoms with Crippen LogP contribution in [-0.4, -0.2) is 33.7 Å². The first kappa shape index (κ1) is 13.7. The molecule has 1 aromatic rings. The molecular weight excluding hydrogens is 258 g/mol. The average molecular weight is 271 g/mol. The third-order valence-corrected chi connectivity index (χ3v) is 3.02. The molecule has 0 atom stereocenters. The zero-order valence-corrected chi connectivity index (χ0v) is 11.2. The van der Waals surface area contributed by atoms with Crippen LogP contribution in [0, 0.1) is 11.3 Å². The van der Waals surface area contributed by atoms with Gasteiger partial charge in [-0.25, -0.2) is 4.79 Å². The van der Waals surface area contributed by atoms with E-state index in [0.29, 0.717) is 11.1 Å². The van der Waals surface area contributed by atoms with Crippen LogP contribution in [0.1, 0.15) is 25.0 Å². The number of urea groups is 1. The number of benzene rings is 1. The largest absolute Gasteiger partial charge is 0.334 e. The molecule has 0 spiro atoms. The summed E-state index contributed by atoms with van der Waals surface area (Å²) in [5, 5.41) is 8.71. The molecular formula is C14H13N3O3. The van der Waals surface area contributed by atoms with Gasteiger partial charge in [0.05, 0.1) is 18.2 Å². The van der Waals surface area contributed by atoms with Gasteiger partial charge in [-0.3, -0.25) is 19.4 Å². The Labute approximate surface area is 116 Å². The van der Waals surface area contributed by atoms with Crippen LogP contribution < -0.4 is 0 Å². The highest BCUT2D eigenvalue weighted by Gasteiger charge is 2.45. The van der Waals surface area contributed by atoms with Crippen molar-refractivity contribution >= 4 is 17.8 Å². The number of imide groups is 2. The molecule has 1 fully saturated rings. The lowest BCUT2D eigenvalue weighted by Gasteiger charge is -2.18. The Balaban J connectivity index is 2.21. The summed E-state index contributed by atoms with van der Waals surface area (Å²) in [6.07, 6.45) is 0. The Morgan fingerprint density at radius 3 is 2.15 bits per heavy atom. The number of carbonyl (C=O) groups is 3. The lowest BCUT2D eigenvalue weighted by Crippen LogP contribution is -2.37. The van der Waals surface area contributed by atoms with Crippen LogP contribution in [0.4, 0.5) is 4.79 Å². The molecule has 0 saturated carbocycles. The molecule has 2 rings (SSSR count). The van der Waals surface area contributed by atoms with Crippen LogP contribution in [0.5, 0.6) is 0 Å². The Bertz CT molecular complexity index is 614. The van der Waals surface area contributed by atoms with Gasteiger partial charge >= 0.3 is 17.8 Å². The van der Waals surface area contributed by atoms with Gasteiger partial charge in [0.2, 0.25) is 0 Å². The molecule has 1 aromatic carbocycles. The monoisotopic (exact) mass is 271 g/mol. The maximum absolute atomic E-state index is 12.1. The molecule has 0 N–H and O–H groups in total. The highest BCUT2D eigenvalue weighted by Crippen LogP contribution is 2.18. The number of nitrogens with zero attached hydrogens (tertiary/aromatic N) is 3. The topological polar surface area (TPSA) is 81.5 Å². The second-order valence-corrected chi connectivity index (χ2v) is 4.75. The van der Waals surface area contributed by atoms with Crippen molar-refractivity contribution in [1.82, 2.24) is 9.80 Å². The summed E-state index contributed by atoms with van der Waals surface area (Å²) in [5.74, 6) is -1.60. The number of nitriles is 1. The number of hydrogen-bond acceptors (Lipinski definition) is 4. The number of rotatable bonds is 3. The highest BCUT2D eigenvalue weighted by atomic mass is 16.2. The van der Waals surface area contributed by atoms with Crippen LogP contribution in [-0.2, 0) is 16.1 Å². The van der Waals surface area contributed by atoms with E-state index in [1.54, 1.807) is 38.1 Å². The summed E-state index contributed by atoms with van der Waals surface area (Å²) in [5.41, 5.74) is 1.18. The second-order valence-electron chi connectivity index (χ2n) is 4.75. The molecule has 1 aliphatic heterocycles. The zero-order chi connectivity index (χ0) is 14.9. The third kappa shape index (κ3) is 2.26. The Morgan fingerprint density at radius 1 is 1.10 bits per heavy atom. The maximum atomic E-state index is 12.1. The first-order chi connectivity index (χ1) is 9.45. The molecule has 1 aliphatic rings. The van der Waals surface area contributed by atoms with Gasteiger partial charge in [-0.2, -0.15) is 5.26 Å². The van der Waals surface area contributed by atoms with Crippen molar-refractivity contribution in [2.75, 3.05) is 0 Å². The molecule has 4 amide bonds. The molecule has 1 saturated heterocycles. The summed E-state index contributed by atoms with van der Waals surface area (Å²) >= 11 is 0. The van der Waals surface area contributed by atoms with E-state index in [9.17, 15) is 14.4 Å². The molecule has 20 heavy (non-hydrogen) atoms. The zero-order valence-electron chi connectivity index (χ0n) is 11.2. The molecule has 1 heterocycles. The molecule has 6 heteroatoms. The minimum absolute atomic E-state index is 0.0261. The van der Waals surface area contributed by atoms with E-state index in [1.807, 2.05) is 6.07 Å². The van der Waals surface area contributed by atoms with Crippen LogP contribution in [0.15, 0.2) is 24.3 Å². The van der Waals surface area contributed by atoms with E-state index in [1.165, 1.54) is 0 Å². The molecule has 6 nitrogen and oxygen atoms in total. The van der Waals surface area contributed by atoms with Crippen molar-refractivity contribution in [2.45, 2.75) is 26.4 Å². The van der Waals surface area contributed by atoms with Crippen LogP contribution in [0.2, 0.25) is 0 Å². The van der Waals surface area contributed by atoms with E-state index in [0.717, 1.165) is 9.80 Å². The highest BCUT2D eigenvalue weighted by molar-refractivity contribution is 6.44. The standard InChI is InChI=1S/C14H13N3O3/c1-9(2)17-13(19)12(18)16(14(17)20)8-11-5-3-10(7-15)4-6-11/h3-6,9H,8H2,1-2H3. The van der Waals surface area contributed by atoms with Crippen molar-refractivity contribution in [2.24, 2.45) is 0 Å². The molecule has 0 aromatic heterocycles. The fourth-order valence-electron chi connectivity index (χ4n) is 1.98. The first-order valence-corrected chi connectivity index (χ1v) is 6.13. The lowest BCUT2D eigenvalue weighted by molar-refractivity contribution is -0.144. The summed E-state index contributed by atoms with van der Waals surface area (Å²) < 4.78 is 0. The summed E-state index contributed by atoms with van der Waals surface area (Å²) in [6, 6.07) is 7.54. The Kier molecular flexibility index (Phi) is 3.53. The molecule has 0 aliphatic carbocycles. The average Bonchev–Trinajstić information content (AvgIpc) is 2.63. The van der Waals surface area contributed by atoms with Crippen molar-refractivity contribution in [1.29, 1.82) is 5.26 Å². The van der Waals surface area contributed by atoms with E-state index in [-0.39, 0.29) is 12.6 Å². The fourth-order valence-corrected chi connectivity index (χ4v) is 1.98. The number of carbonyl (C=O) groups excluding carboxylic acids is 3. The van der Waals surface area contributed by atoms with E-state index >= 15 is 0 Å². The first-order valence-electron chi connectivity index (χ1n) is 6.13. The van der Waals surface area contributed by atoms with E-state index in [2.05, 4.69) is 0 Å². The molecule has 0 bridgehead atoms. The minimum Gasteiger partial charge on any atom is -0.263 e. The molecule has 0 unspecified atom stereocenters. The smallest absolute Gasteiger partial charge is 0.263 e. The maximum Gasteiger partial charge on any atom is 0.334 e. The Morgan fingerprint density at radius 2 is 1.70 bits per heavy atom.